The van der Waals surface area contributed by atoms with Crippen molar-refractivity contribution in [2.24, 2.45) is 0 Å². The molecule has 0 radical (unpaired) electrons. The lowest BCUT2D eigenvalue weighted by molar-refractivity contribution is -0.118. The van der Waals surface area contributed by atoms with Crippen LogP contribution >= 0.6 is 0 Å². The number of nitrogens with one attached hydrogen (secondary N) is 1. The number of unbranched alkanes of at least 4 members (excludes halogenated alkanes) is 1. The Labute approximate surface area is 68.0 Å². The monoisotopic (exact) mass is 153 g/mol. The van der Waals surface area contributed by atoms with Crippen molar-refractivity contribution in [1.82, 2.24) is 5.32 Å². The van der Waals surface area contributed by atoms with Crippen LogP contribution in [0.5, 0.6) is 0 Å². The standard InChI is InChI=1S/C9H15NO/c1-3-4-5-6-7-8-10-9(2)11/h3-4,7-8H,5-6H2,1-2H3,(H,10,11)/b4-3+,8-7-. The molecule has 1 amide bonds. The van der Waals surface area contributed by atoms with Crippen LogP contribution < -0.4 is 5.32 Å². The zero-order chi connectivity index (χ0) is 8.53. The Morgan fingerprint density at radius 2 is 2.00 bits per heavy atom. The summed E-state index contributed by atoms with van der Waals surface area (Å²) in [5, 5.41) is 2.58. The average molecular weight is 153 g/mol. The molecule has 2 heteroatoms. The van der Waals surface area contributed by atoms with E-state index in [4.69, 9.17) is 0 Å². The number of hydrogen-bond donors (Lipinski definition) is 1. The highest BCUT2D eigenvalue weighted by atomic mass is 16.1. The van der Waals surface area contributed by atoms with Gasteiger partial charge in [-0.3, -0.25) is 4.79 Å². The first-order valence-electron chi connectivity index (χ1n) is 3.80. The van der Waals surface area contributed by atoms with Crippen LogP contribution in [0.25, 0.3) is 0 Å². The summed E-state index contributed by atoms with van der Waals surface area (Å²) in [7, 11) is 0. The van der Waals surface area contributed by atoms with Crippen LogP contribution in [-0.4, -0.2) is 5.91 Å². The van der Waals surface area contributed by atoms with E-state index in [1.54, 1.807) is 6.20 Å². The van der Waals surface area contributed by atoms with Gasteiger partial charge in [0.05, 0.1) is 0 Å². The molecule has 0 rings (SSSR count). The second-order valence-corrected chi connectivity index (χ2v) is 2.25. The van der Waals surface area contributed by atoms with Gasteiger partial charge in [0.2, 0.25) is 5.91 Å². The molecule has 0 aliphatic rings. The van der Waals surface area contributed by atoms with Gasteiger partial charge in [-0.05, 0) is 26.0 Å². The Morgan fingerprint density at radius 1 is 1.36 bits per heavy atom. The molecule has 2 nitrogen and oxygen atoms in total. The fourth-order valence-electron chi connectivity index (χ4n) is 0.619. The normalized spacial score (nSPS) is 11.1. The second kappa shape index (κ2) is 7.06. The predicted molar refractivity (Wildman–Crippen MR) is 47.0 cm³/mol. The topological polar surface area (TPSA) is 29.1 Å². The highest BCUT2D eigenvalue weighted by Crippen LogP contribution is 1.90. The van der Waals surface area contributed by atoms with E-state index >= 15 is 0 Å². The molecule has 0 bridgehead atoms. The third kappa shape index (κ3) is 8.95. The number of rotatable bonds is 4. The molecule has 62 valence electrons. The maximum absolute atomic E-state index is 10.4. The maximum atomic E-state index is 10.4. The molecule has 11 heavy (non-hydrogen) atoms. The summed E-state index contributed by atoms with van der Waals surface area (Å²) in [6, 6.07) is 0. The van der Waals surface area contributed by atoms with Gasteiger partial charge in [0.15, 0.2) is 0 Å². The van der Waals surface area contributed by atoms with Crippen molar-refractivity contribution in [2.75, 3.05) is 0 Å². The van der Waals surface area contributed by atoms with Crippen molar-refractivity contribution in [3.63, 3.8) is 0 Å². The van der Waals surface area contributed by atoms with Gasteiger partial charge >= 0.3 is 0 Å². The second-order valence-electron chi connectivity index (χ2n) is 2.25. The van der Waals surface area contributed by atoms with Crippen LogP contribution in [0.15, 0.2) is 24.4 Å². The van der Waals surface area contributed by atoms with Gasteiger partial charge in [-0.2, -0.15) is 0 Å². The van der Waals surface area contributed by atoms with Crippen molar-refractivity contribution in [2.45, 2.75) is 26.7 Å². The fourth-order valence-corrected chi connectivity index (χ4v) is 0.619. The Morgan fingerprint density at radius 3 is 2.55 bits per heavy atom. The van der Waals surface area contributed by atoms with Crippen LogP contribution in [0, 0.1) is 0 Å². The lowest BCUT2D eigenvalue weighted by atomic mass is 10.3. The molecule has 0 aliphatic carbocycles. The lowest BCUT2D eigenvalue weighted by Crippen LogP contribution is -2.11. The Bertz CT molecular complexity index is 159. The molecule has 1 N–H and O–H groups in total. The largest absolute Gasteiger partial charge is 0.333 e. The van der Waals surface area contributed by atoms with Gasteiger partial charge in [-0.15, -0.1) is 0 Å². The van der Waals surface area contributed by atoms with Crippen LogP contribution in [0.3, 0.4) is 0 Å². The van der Waals surface area contributed by atoms with E-state index in [1.165, 1.54) is 6.92 Å². The van der Waals surface area contributed by atoms with Crippen molar-refractivity contribution in [3.05, 3.63) is 24.4 Å². The molecule has 0 aromatic carbocycles. The Kier molecular flexibility index (Phi) is 6.39. The third-order valence-electron chi connectivity index (χ3n) is 1.14. The van der Waals surface area contributed by atoms with E-state index in [-0.39, 0.29) is 5.91 Å². The third-order valence-corrected chi connectivity index (χ3v) is 1.14. The van der Waals surface area contributed by atoms with Gasteiger partial charge in [0.1, 0.15) is 0 Å². The van der Waals surface area contributed by atoms with E-state index in [9.17, 15) is 4.79 Å². The van der Waals surface area contributed by atoms with Crippen molar-refractivity contribution < 1.29 is 4.79 Å². The molecule has 0 spiro atoms. The Hall–Kier alpha value is -1.05. The quantitative estimate of drug-likeness (QED) is 0.485. The Balaban J connectivity index is 3.23. The molecule has 0 atom stereocenters. The van der Waals surface area contributed by atoms with Gasteiger partial charge in [-0.25, -0.2) is 0 Å². The zero-order valence-corrected chi connectivity index (χ0v) is 7.13. The van der Waals surface area contributed by atoms with E-state index in [1.807, 2.05) is 19.1 Å². The number of carbonyl (C=O) groups is 1. The van der Waals surface area contributed by atoms with Crippen LogP contribution in [-0.2, 0) is 4.79 Å². The smallest absolute Gasteiger partial charge is 0.220 e. The highest BCUT2D eigenvalue weighted by Gasteiger charge is 1.80. The zero-order valence-electron chi connectivity index (χ0n) is 7.13. The summed E-state index contributed by atoms with van der Waals surface area (Å²) in [6.45, 7) is 3.49. The first kappa shape index (κ1) is 9.95. The average Bonchev–Trinajstić information content (AvgIpc) is 1.96. The van der Waals surface area contributed by atoms with Crippen LogP contribution in [0.2, 0.25) is 0 Å². The van der Waals surface area contributed by atoms with Crippen molar-refractivity contribution >= 4 is 5.91 Å². The molecule has 0 aromatic heterocycles. The van der Waals surface area contributed by atoms with Gasteiger partial charge < -0.3 is 5.32 Å². The highest BCUT2D eigenvalue weighted by molar-refractivity contribution is 5.73. The summed E-state index contributed by atoms with van der Waals surface area (Å²) in [5.74, 6) is -0.0210. The SMILES string of the molecule is C/C=C/CC/C=C\NC(C)=O. The minimum atomic E-state index is -0.0210. The molecule has 0 unspecified atom stereocenters. The lowest BCUT2D eigenvalue weighted by Gasteiger charge is -1.89. The van der Waals surface area contributed by atoms with E-state index in [0.717, 1.165) is 12.8 Å². The molecule has 0 saturated carbocycles. The molecular weight excluding hydrogens is 138 g/mol. The molecular formula is C9H15NO. The number of amides is 1. The van der Waals surface area contributed by atoms with Gasteiger partial charge in [0.25, 0.3) is 0 Å². The predicted octanol–water partition coefficient (Wildman–Crippen LogP) is 1.99. The summed E-state index contributed by atoms with van der Waals surface area (Å²) in [6.07, 6.45) is 9.76. The molecule has 0 aliphatic heterocycles. The molecule has 0 aromatic rings. The van der Waals surface area contributed by atoms with Crippen molar-refractivity contribution in [3.8, 4) is 0 Å². The molecule has 0 heterocycles. The maximum Gasteiger partial charge on any atom is 0.220 e. The van der Waals surface area contributed by atoms with Gasteiger partial charge in [0, 0.05) is 6.92 Å². The number of carbonyl (C=O) groups excluding carboxylic acids is 1. The number of hydrogen-bond acceptors (Lipinski definition) is 1. The summed E-state index contributed by atoms with van der Waals surface area (Å²) < 4.78 is 0. The minimum absolute atomic E-state index is 0.0210. The van der Waals surface area contributed by atoms with Gasteiger partial charge in [-0.1, -0.05) is 18.2 Å². The first-order valence-corrected chi connectivity index (χ1v) is 3.80. The molecule has 0 saturated heterocycles. The summed E-state index contributed by atoms with van der Waals surface area (Å²) in [4.78, 5) is 10.4. The number of allylic oxidation sites excluding steroid dienone is 3. The summed E-state index contributed by atoms with van der Waals surface area (Å²) in [5.41, 5.74) is 0. The van der Waals surface area contributed by atoms with Crippen molar-refractivity contribution in [1.29, 1.82) is 0 Å². The molecule has 0 fully saturated rings. The van der Waals surface area contributed by atoms with Crippen LogP contribution in [0.4, 0.5) is 0 Å². The van der Waals surface area contributed by atoms with E-state index in [2.05, 4.69) is 11.4 Å². The first-order chi connectivity index (χ1) is 5.27. The van der Waals surface area contributed by atoms with E-state index in [0.29, 0.717) is 0 Å². The van der Waals surface area contributed by atoms with Crippen LogP contribution in [0.1, 0.15) is 26.7 Å². The van der Waals surface area contributed by atoms with E-state index < -0.39 is 0 Å². The minimum Gasteiger partial charge on any atom is -0.333 e. The fraction of sp³-hybridized carbons (Fsp3) is 0.444. The summed E-state index contributed by atoms with van der Waals surface area (Å²) >= 11 is 0.